The summed E-state index contributed by atoms with van der Waals surface area (Å²) in [6.07, 6.45) is -2.53. The van der Waals surface area contributed by atoms with E-state index in [4.69, 9.17) is 5.73 Å². The highest BCUT2D eigenvalue weighted by atomic mass is 19.3. The van der Waals surface area contributed by atoms with Crippen LogP contribution in [0.15, 0.2) is 24.3 Å². The summed E-state index contributed by atoms with van der Waals surface area (Å²) in [6, 6.07) is 6.44. The molecular formula is C13H14F2N2O. The van der Waals surface area contributed by atoms with Crippen molar-refractivity contribution >= 4 is 5.91 Å². The van der Waals surface area contributed by atoms with Gasteiger partial charge in [0.15, 0.2) is 0 Å². The zero-order valence-electron chi connectivity index (χ0n) is 9.99. The monoisotopic (exact) mass is 252 g/mol. The van der Waals surface area contributed by atoms with E-state index >= 15 is 0 Å². The van der Waals surface area contributed by atoms with E-state index < -0.39 is 18.9 Å². The molecule has 1 aromatic carbocycles. The van der Waals surface area contributed by atoms with Crippen LogP contribution in [0.4, 0.5) is 8.78 Å². The van der Waals surface area contributed by atoms with Crippen LogP contribution in [0.5, 0.6) is 0 Å². The summed E-state index contributed by atoms with van der Waals surface area (Å²) in [6.45, 7) is -0.314. The molecule has 18 heavy (non-hydrogen) atoms. The summed E-state index contributed by atoms with van der Waals surface area (Å²) in [4.78, 5) is 12.7. The van der Waals surface area contributed by atoms with Crippen molar-refractivity contribution in [1.29, 1.82) is 0 Å². The Morgan fingerprint density at radius 1 is 1.39 bits per heavy atom. The Kier molecular flexibility index (Phi) is 5.28. The Bertz CT molecular complexity index is 460. The van der Waals surface area contributed by atoms with Crippen LogP contribution >= 0.6 is 0 Å². The Morgan fingerprint density at radius 3 is 2.50 bits per heavy atom. The summed E-state index contributed by atoms with van der Waals surface area (Å²) in [5.74, 6) is 5.06. The first-order valence-corrected chi connectivity index (χ1v) is 5.37. The van der Waals surface area contributed by atoms with Crippen LogP contribution in [0, 0.1) is 11.8 Å². The van der Waals surface area contributed by atoms with Crippen molar-refractivity contribution in [2.45, 2.75) is 6.43 Å². The standard InChI is InChI=1S/C13H14F2N2O/c1-17(9-12(14)15)13(18)11-6-4-10(5-7-11)3-2-8-16/h4-7,12H,8-9,16H2,1H3. The van der Waals surface area contributed by atoms with Gasteiger partial charge < -0.3 is 10.6 Å². The van der Waals surface area contributed by atoms with Crippen LogP contribution in [0.3, 0.4) is 0 Å². The van der Waals surface area contributed by atoms with Crippen LogP contribution in [-0.4, -0.2) is 37.4 Å². The second kappa shape index (κ2) is 6.72. The highest BCUT2D eigenvalue weighted by Gasteiger charge is 2.15. The number of hydrogen-bond donors (Lipinski definition) is 1. The van der Waals surface area contributed by atoms with Gasteiger partial charge in [-0.3, -0.25) is 4.79 Å². The van der Waals surface area contributed by atoms with Gasteiger partial charge >= 0.3 is 0 Å². The molecule has 0 unspecified atom stereocenters. The first-order valence-electron chi connectivity index (χ1n) is 5.37. The molecule has 1 amide bonds. The van der Waals surface area contributed by atoms with Crippen molar-refractivity contribution in [3.05, 3.63) is 35.4 Å². The summed E-state index contributed by atoms with van der Waals surface area (Å²) >= 11 is 0. The Labute approximate surface area is 105 Å². The molecular weight excluding hydrogens is 238 g/mol. The number of nitrogens with zero attached hydrogens (tertiary/aromatic N) is 1. The molecule has 0 saturated carbocycles. The highest BCUT2D eigenvalue weighted by Crippen LogP contribution is 2.07. The second-order valence-corrected chi connectivity index (χ2v) is 3.66. The molecule has 0 aliphatic rings. The van der Waals surface area contributed by atoms with Gasteiger partial charge in [0.1, 0.15) is 0 Å². The molecule has 0 aromatic heterocycles. The Morgan fingerprint density at radius 2 is 2.00 bits per heavy atom. The van der Waals surface area contributed by atoms with Crippen molar-refractivity contribution < 1.29 is 13.6 Å². The topological polar surface area (TPSA) is 46.3 Å². The van der Waals surface area contributed by atoms with Gasteiger partial charge in [-0.1, -0.05) is 11.8 Å². The van der Waals surface area contributed by atoms with E-state index in [-0.39, 0.29) is 6.54 Å². The van der Waals surface area contributed by atoms with Gasteiger partial charge in [-0.05, 0) is 24.3 Å². The molecule has 5 heteroatoms. The SMILES string of the molecule is CN(CC(F)F)C(=O)c1ccc(C#CCN)cc1. The summed E-state index contributed by atoms with van der Waals surface area (Å²) in [5.41, 5.74) is 6.32. The molecule has 0 heterocycles. The average Bonchev–Trinajstić information content (AvgIpc) is 2.35. The van der Waals surface area contributed by atoms with E-state index in [1.807, 2.05) is 0 Å². The first-order chi connectivity index (χ1) is 8.54. The fourth-order valence-electron chi connectivity index (χ4n) is 1.36. The molecule has 1 aromatic rings. The molecule has 3 nitrogen and oxygen atoms in total. The van der Waals surface area contributed by atoms with Crippen LogP contribution in [-0.2, 0) is 0 Å². The maximum absolute atomic E-state index is 12.1. The van der Waals surface area contributed by atoms with Crippen molar-refractivity contribution in [3.63, 3.8) is 0 Å². The Hall–Kier alpha value is -1.93. The number of amides is 1. The molecule has 0 spiro atoms. The minimum Gasteiger partial charge on any atom is -0.336 e. The zero-order valence-corrected chi connectivity index (χ0v) is 9.99. The lowest BCUT2D eigenvalue weighted by Crippen LogP contribution is -2.31. The predicted molar refractivity (Wildman–Crippen MR) is 65.3 cm³/mol. The number of hydrogen-bond acceptors (Lipinski definition) is 2. The molecule has 0 bridgehead atoms. The second-order valence-electron chi connectivity index (χ2n) is 3.66. The smallest absolute Gasteiger partial charge is 0.255 e. The average molecular weight is 252 g/mol. The van der Waals surface area contributed by atoms with Crippen LogP contribution in [0.25, 0.3) is 0 Å². The molecule has 0 radical (unpaired) electrons. The largest absolute Gasteiger partial charge is 0.336 e. The summed E-state index contributed by atoms with van der Waals surface area (Å²) in [5, 5.41) is 0. The number of halogens is 2. The van der Waals surface area contributed by atoms with Gasteiger partial charge in [0.25, 0.3) is 12.3 Å². The van der Waals surface area contributed by atoms with E-state index in [0.717, 1.165) is 10.5 Å². The Balaban J connectivity index is 2.75. The third-order valence-corrected chi connectivity index (χ3v) is 2.23. The zero-order chi connectivity index (χ0) is 13.5. The number of carbonyl (C=O) groups is 1. The third-order valence-electron chi connectivity index (χ3n) is 2.23. The van der Waals surface area contributed by atoms with Crippen LogP contribution < -0.4 is 5.73 Å². The van der Waals surface area contributed by atoms with Gasteiger partial charge in [-0.2, -0.15) is 0 Å². The van der Waals surface area contributed by atoms with Gasteiger partial charge in [0, 0.05) is 18.2 Å². The van der Waals surface area contributed by atoms with Gasteiger partial charge in [-0.15, -0.1) is 0 Å². The first kappa shape index (κ1) is 14.1. The maximum atomic E-state index is 12.1. The van der Waals surface area contributed by atoms with Crippen molar-refractivity contribution in [2.75, 3.05) is 20.1 Å². The lowest BCUT2D eigenvalue weighted by molar-refractivity contribution is 0.0620. The number of rotatable bonds is 3. The lowest BCUT2D eigenvalue weighted by Gasteiger charge is -2.16. The van der Waals surface area contributed by atoms with Crippen LogP contribution in [0.2, 0.25) is 0 Å². The van der Waals surface area contributed by atoms with Crippen molar-refractivity contribution in [1.82, 2.24) is 4.90 Å². The molecule has 1 rings (SSSR count). The molecule has 0 saturated heterocycles. The molecule has 2 N–H and O–H groups in total. The van der Waals surface area contributed by atoms with E-state index in [2.05, 4.69) is 11.8 Å². The molecule has 96 valence electrons. The fourth-order valence-corrected chi connectivity index (χ4v) is 1.36. The molecule has 0 atom stereocenters. The minimum atomic E-state index is -2.53. The normalized spacial score (nSPS) is 9.83. The predicted octanol–water partition coefficient (Wildman–Crippen LogP) is 1.33. The van der Waals surface area contributed by atoms with E-state index in [1.54, 1.807) is 24.3 Å². The maximum Gasteiger partial charge on any atom is 0.255 e. The number of alkyl halides is 2. The van der Waals surface area contributed by atoms with Crippen LogP contribution in [0.1, 0.15) is 15.9 Å². The number of nitrogens with two attached hydrogens (primary N) is 1. The molecule has 0 aliphatic heterocycles. The third kappa shape index (κ3) is 4.15. The van der Waals surface area contributed by atoms with Crippen molar-refractivity contribution in [2.24, 2.45) is 5.73 Å². The number of carbonyl (C=O) groups excluding carboxylic acids is 1. The van der Waals surface area contributed by atoms with E-state index in [0.29, 0.717) is 5.56 Å². The number of benzene rings is 1. The fraction of sp³-hybridized carbons (Fsp3) is 0.308. The summed E-state index contributed by atoms with van der Waals surface area (Å²) in [7, 11) is 1.34. The van der Waals surface area contributed by atoms with Gasteiger partial charge in [0.2, 0.25) is 0 Å². The molecule has 0 aliphatic carbocycles. The van der Waals surface area contributed by atoms with E-state index in [1.165, 1.54) is 7.05 Å². The highest BCUT2D eigenvalue weighted by molar-refractivity contribution is 5.94. The van der Waals surface area contributed by atoms with Gasteiger partial charge in [0.05, 0.1) is 13.1 Å². The lowest BCUT2D eigenvalue weighted by atomic mass is 10.1. The molecule has 0 fully saturated rings. The van der Waals surface area contributed by atoms with Crippen molar-refractivity contribution in [3.8, 4) is 11.8 Å². The minimum absolute atomic E-state index is 0.262. The summed E-state index contributed by atoms with van der Waals surface area (Å²) < 4.78 is 24.3. The van der Waals surface area contributed by atoms with E-state index in [9.17, 15) is 13.6 Å². The van der Waals surface area contributed by atoms with Gasteiger partial charge in [-0.25, -0.2) is 8.78 Å². The quantitative estimate of drug-likeness (QED) is 0.825.